The summed E-state index contributed by atoms with van der Waals surface area (Å²) in [7, 11) is 0. The first-order valence-electron chi connectivity index (χ1n) is 14.7. The summed E-state index contributed by atoms with van der Waals surface area (Å²) < 4.78 is 0. The number of amides is 4. The number of aliphatic carboxylic acids is 1. The molecular weight excluding hydrogens is 582 g/mol. The van der Waals surface area contributed by atoms with Crippen LogP contribution in [0.4, 0.5) is 0 Å². The van der Waals surface area contributed by atoms with E-state index in [0.29, 0.717) is 24.9 Å². The number of aromatic hydroxyl groups is 1. The van der Waals surface area contributed by atoms with E-state index in [1.807, 2.05) is 24.3 Å². The fraction of sp³-hybridized carbons (Fsp3) is 0.387. The first-order chi connectivity index (χ1) is 21.5. The Balaban J connectivity index is 1.77. The minimum atomic E-state index is -1.44. The van der Waals surface area contributed by atoms with Gasteiger partial charge in [0, 0.05) is 29.9 Å². The first kappa shape index (κ1) is 34.5. The summed E-state index contributed by atoms with van der Waals surface area (Å²) in [4.78, 5) is 66.2. The van der Waals surface area contributed by atoms with Crippen LogP contribution in [0.2, 0.25) is 0 Å². The van der Waals surface area contributed by atoms with Crippen molar-refractivity contribution in [3.05, 3.63) is 65.9 Å². The normalized spacial score (nSPS) is 13.7. The van der Waals surface area contributed by atoms with E-state index in [2.05, 4.69) is 20.9 Å². The predicted octanol–water partition coefficient (Wildman–Crippen LogP) is -0.0805. The van der Waals surface area contributed by atoms with Gasteiger partial charge in [0.05, 0.1) is 6.04 Å². The zero-order chi connectivity index (χ0) is 32.9. The number of carboxylic acid groups (broad SMARTS) is 1. The highest BCUT2D eigenvalue weighted by Gasteiger charge is 2.31. The van der Waals surface area contributed by atoms with Gasteiger partial charge in [0.1, 0.15) is 23.9 Å². The van der Waals surface area contributed by atoms with Gasteiger partial charge in [-0.15, -0.1) is 0 Å². The van der Waals surface area contributed by atoms with E-state index in [9.17, 15) is 34.2 Å². The van der Waals surface area contributed by atoms with Crippen LogP contribution in [0, 0.1) is 0 Å². The molecule has 0 radical (unpaired) electrons. The van der Waals surface area contributed by atoms with E-state index in [1.165, 1.54) is 12.1 Å². The van der Waals surface area contributed by atoms with Crippen LogP contribution in [0.1, 0.15) is 43.2 Å². The summed E-state index contributed by atoms with van der Waals surface area (Å²) in [5, 5.41) is 27.9. The highest BCUT2D eigenvalue weighted by Crippen LogP contribution is 2.19. The lowest BCUT2D eigenvalue weighted by molar-refractivity contribution is -0.142. The van der Waals surface area contributed by atoms with Crippen LogP contribution in [0.5, 0.6) is 5.75 Å². The van der Waals surface area contributed by atoms with Crippen molar-refractivity contribution < 1.29 is 34.2 Å². The van der Waals surface area contributed by atoms with Gasteiger partial charge in [-0.1, -0.05) is 30.3 Å². The van der Waals surface area contributed by atoms with E-state index in [1.54, 1.807) is 18.3 Å². The maximum absolute atomic E-state index is 13.6. The molecule has 2 aromatic carbocycles. The van der Waals surface area contributed by atoms with E-state index in [0.717, 1.165) is 16.5 Å². The minimum Gasteiger partial charge on any atom is -0.508 e. The van der Waals surface area contributed by atoms with Crippen LogP contribution in [0.3, 0.4) is 0 Å². The highest BCUT2D eigenvalue weighted by atomic mass is 16.4. The summed E-state index contributed by atoms with van der Waals surface area (Å²) >= 11 is 0. The topological polar surface area (TPSA) is 256 Å². The Hall–Kier alpha value is -4.95. The number of carboxylic acids is 1. The molecule has 4 unspecified atom stereocenters. The SMILES string of the molecule is NCCCCC(NC(=O)C(N)Cc1c[nH]c2ccccc12)C(=O)NC(Cc1ccc(O)cc1)C(=O)NC(CCC(N)=O)C(=O)O. The van der Waals surface area contributed by atoms with Crippen LogP contribution in [0.25, 0.3) is 10.9 Å². The molecule has 0 fully saturated rings. The van der Waals surface area contributed by atoms with Crippen molar-refractivity contribution in [2.45, 2.75) is 69.1 Å². The third-order valence-corrected chi connectivity index (χ3v) is 7.33. The second-order valence-corrected chi connectivity index (χ2v) is 10.9. The van der Waals surface area contributed by atoms with Crippen LogP contribution in [0.15, 0.2) is 54.7 Å². The average molecular weight is 624 g/mol. The Kier molecular flexibility index (Phi) is 12.9. The van der Waals surface area contributed by atoms with Gasteiger partial charge in [0.15, 0.2) is 0 Å². The average Bonchev–Trinajstić information content (AvgIpc) is 3.41. The Bertz CT molecular complexity index is 1470. The van der Waals surface area contributed by atoms with E-state index < -0.39 is 53.8 Å². The molecule has 0 spiro atoms. The molecule has 14 nitrogen and oxygen atoms in total. The molecule has 3 rings (SSSR count). The van der Waals surface area contributed by atoms with Crippen LogP contribution in [-0.2, 0) is 36.8 Å². The van der Waals surface area contributed by atoms with E-state index >= 15 is 0 Å². The number of nitrogens with one attached hydrogen (secondary N) is 4. The summed E-state index contributed by atoms with van der Waals surface area (Å²) in [5.74, 6) is -4.18. The molecular formula is C31H41N7O7. The van der Waals surface area contributed by atoms with Crippen LogP contribution >= 0.6 is 0 Å². The Morgan fingerprint density at radius 2 is 1.44 bits per heavy atom. The first-order valence-corrected chi connectivity index (χ1v) is 14.7. The fourth-order valence-electron chi connectivity index (χ4n) is 4.84. The quantitative estimate of drug-likeness (QED) is 0.0857. The predicted molar refractivity (Wildman–Crippen MR) is 167 cm³/mol. The zero-order valence-electron chi connectivity index (χ0n) is 24.8. The Morgan fingerprint density at radius 1 is 0.800 bits per heavy atom. The number of fused-ring (bicyclic) bond motifs is 1. The number of phenols is 1. The number of hydrogen-bond donors (Lipinski definition) is 9. The van der Waals surface area contributed by atoms with Crippen LogP contribution in [-0.4, -0.2) is 75.5 Å². The van der Waals surface area contributed by atoms with Crippen molar-refractivity contribution in [1.29, 1.82) is 0 Å². The summed E-state index contributed by atoms with van der Waals surface area (Å²) in [6.07, 6.45) is 2.68. The third-order valence-electron chi connectivity index (χ3n) is 7.33. The molecule has 1 heterocycles. The second-order valence-electron chi connectivity index (χ2n) is 10.9. The molecule has 0 saturated carbocycles. The molecule has 0 aliphatic carbocycles. The van der Waals surface area contributed by atoms with Gasteiger partial charge in [-0.3, -0.25) is 19.2 Å². The number of hydrogen-bond acceptors (Lipinski definition) is 8. The van der Waals surface area contributed by atoms with Gasteiger partial charge in [0.25, 0.3) is 0 Å². The Morgan fingerprint density at radius 3 is 2.11 bits per heavy atom. The van der Waals surface area contributed by atoms with Gasteiger partial charge in [0.2, 0.25) is 23.6 Å². The monoisotopic (exact) mass is 623 g/mol. The molecule has 0 bridgehead atoms. The molecule has 1 aromatic heterocycles. The molecule has 0 saturated heterocycles. The third kappa shape index (κ3) is 10.6. The van der Waals surface area contributed by atoms with Crippen LogP contribution < -0.4 is 33.2 Å². The summed E-state index contributed by atoms with van der Waals surface area (Å²) in [6.45, 7) is 0.371. The maximum Gasteiger partial charge on any atom is 0.326 e. The number of rotatable bonds is 18. The van der Waals surface area contributed by atoms with Gasteiger partial charge in [-0.25, -0.2) is 4.79 Å². The van der Waals surface area contributed by atoms with Gasteiger partial charge in [-0.2, -0.15) is 0 Å². The van der Waals surface area contributed by atoms with Crippen molar-refractivity contribution in [2.75, 3.05) is 6.54 Å². The minimum absolute atomic E-state index is 0.00663. The molecule has 4 amide bonds. The molecule has 0 aliphatic rings. The standard InChI is InChI=1S/C31H41N7O7/c32-14-4-3-7-24(36-28(41)22(33)16-19-17-35-23-6-2-1-5-21(19)23)29(42)38-26(15-18-8-10-20(39)11-9-18)30(43)37-25(31(44)45)12-13-27(34)40/h1-2,5-6,8-11,17,22,24-26,35,39H,3-4,7,12-16,32-33H2,(H2,34,40)(H,36,41)(H,37,43)(H,38,42)(H,44,45). The molecule has 4 atom stereocenters. The maximum atomic E-state index is 13.6. The number of nitrogens with two attached hydrogens (primary N) is 3. The van der Waals surface area contributed by atoms with Gasteiger partial charge >= 0.3 is 5.97 Å². The number of primary amides is 1. The van der Waals surface area contributed by atoms with Crippen molar-refractivity contribution >= 4 is 40.5 Å². The second kappa shape index (κ2) is 16.8. The van der Waals surface area contributed by atoms with E-state index in [4.69, 9.17) is 17.2 Å². The Labute approximate surface area is 260 Å². The van der Waals surface area contributed by atoms with Gasteiger partial charge < -0.3 is 48.3 Å². The summed E-state index contributed by atoms with van der Waals surface area (Å²) in [5.41, 5.74) is 19.3. The smallest absolute Gasteiger partial charge is 0.326 e. The van der Waals surface area contributed by atoms with Crippen molar-refractivity contribution in [3.63, 3.8) is 0 Å². The van der Waals surface area contributed by atoms with Crippen molar-refractivity contribution in [3.8, 4) is 5.75 Å². The lowest BCUT2D eigenvalue weighted by Crippen LogP contribution is -2.57. The molecule has 242 valence electrons. The molecule has 12 N–H and O–H groups in total. The molecule has 45 heavy (non-hydrogen) atoms. The lowest BCUT2D eigenvalue weighted by Gasteiger charge is -2.25. The largest absolute Gasteiger partial charge is 0.508 e. The summed E-state index contributed by atoms with van der Waals surface area (Å²) in [6, 6.07) is 8.74. The number of carbonyl (C=O) groups is 5. The van der Waals surface area contributed by atoms with Crippen molar-refractivity contribution in [1.82, 2.24) is 20.9 Å². The highest BCUT2D eigenvalue weighted by molar-refractivity contribution is 5.94. The number of para-hydroxylation sites is 1. The number of unbranched alkanes of at least 4 members (excludes halogenated alkanes) is 1. The number of carbonyl (C=O) groups excluding carboxylic acids is 4. The number of benzene rings is 2. The number of aromatic amines is 1. The fourth-order valence-corrected chi connectivity index (χ4v) is 4.84. The van der Waals surface area contributed by atoms with Crippen molar-refractivity contribution in [2.24, 2.45) is 17.2 Å². The molecule has 3 aromatic rings. The zero-order valence-corrected chi connectivity index (χ0v) is 24.8. The van der Waals surface area contributed by atoms with E-state index in [-0.39, 0.29) is 37.9 Å². The molecule has 0 aliphatic heterocycles. The number of H-pyrrole nitrogens is 1. The van der Waals surface area contributed by atoms with Gasteiger partial charge in [-0.05, 0) is 68.0 Å². The number of phenolic OH excluding ortho intramolecular Hbond substituents is 1. The number of aromatic nitrogens is 1. The molecule has 14 heteroatoms. The lowest BCUT2D eigenvalue weighted by atomic mass is 10.0.